The second-order valence-corrected chi connectivity index (χ2v) is 7.54. The van der Waals surface area contributed by atoms with E-state index in [1.54, 1.807) is 7.11 Å². The average Bonchev–Trinajstić information content (AvgIpc) is 2.77. The van der Waals surface area contributed by atoms with Crippen LogP contribution in [0.3, 0.4) is 0 Å². The number of nitrogens with one attached hydrogen (secondary N) is 1. The molecular formula is C24H25ClN2O2S. The first-order valence-electron chi connectivity index (χ1n) is 9.73. The van der Waals surface area contributed by atoms with Crippen LogP contribution in [-0.2, 0) is 13.1 Å². The number of hydrogen-bond donors (Lipinski definition) is 1. The summed E-state index contributed by atoms with van der Waals surface area (Å²) >= 11 is 11.8. The van der Waals surface area contributed by atoms with Crippen LogP contribution in [0.15, 0.2) is 72.8 Å². The lowest BCUT2D eigenvalue weighted by molar-refractivity contribution is 0.340. The Morgan fingerprint density at radius 3 is 1.93 bits per heavy atom. The van der Waals surface area contributed by atoms with Crippen LogP contribution >= 0.6 is 23.8 Å². The molecule has 0 spiro atoms. The Labute approximate surface area is 188 Å². The van der Waals surface area contributed by atoms with E-state index in [4.69, 9.17) is 33.3 Å². The highest BCUT2D eigenvalue weighted by molar-refractivity contribution is 7.80. The lowest BCUT2D eigenvalue weighted by atomic mass is 10.1. The highest BCUT2D eigenvalue weighted by Gasteiger charge is 2.12. The quantitative estimate of drug-likeness (QED) is 0.425. The molecule has 0 amide bonds. The van der Waals surface area contributed by atoms with Crippen molar-refractivity contribution in [1.82, 2.24) is 4.90 Å². The molecule has 0 aliphatic heterocycles. The van der Waals surface area contributed by atoms with E-state index in [0.717, 1.165) is 33.3 Å². The van der Waals surface area contributed by atoms with Crippen molar-refractivity contribution in [3.8, 4) is 11.5 Å². The van der Waals surface area contributed by atoms with Gasteiger partial charge in [-0.3, -0.25) is 0 Å². The maximum Gasteiger partial charge on any atom is 0.174 e. The summed E-state index contributed by atoms with van der Waals surface area (Å²) in [5.74, 6) is 1.67. The molecule has 0 bridgehead atoms. The van der Waals surface area contributed by atoms with Crippen molar-refractivity contribution >= 4 is 34.6 Å². The minimum Gasteiger partial charge on any atom is -0.497 e. The Balaban J connectivity index is 1.75. The summed E-state index contributed by atoms with van der Waals surface area (Å²) in [7, 11) is 1.66. The molecule has 30 heavy (non-hydrogen) atoms. The van der Waals surface area contributed by atoms with Gasteiger partial charge in [0.25, 0.3) is 0 Å². The van der Waals surface area contributed by atoms with Gasteiger partial charge >= 0.3 is 0 Å². The van der Waals surface area contributed by atoms with Crippen molar-refractivity contribution in [1.29, 1.82) is 0 Å². The maximum absolute atomic E-state index is 6.04. The van der Waals surface area contributed by atoms with Gasteiger partial charge in [-0.2, -0.15) is 0 Å². The van der Waals surface area contributed by atoms with Crippen molar-refractivity contribution in [3.05, 3.63) is 88.9 Å². The zero-order valence-electron chi connectivity index (χ0n) is 17.1. The summed E-state index contributed by atoms with van der Waals surface area (Å²) in [4.78, 5) is 2.12. The van der Waals surface area contributed by atoms with Crippen molar-refractivity contribution in [2.24, 2.45) is 0 Å². The van der Waals surface area contributed by atoms with E-state index >= 15 is 0 Å². The van der Waals surface area contributed by atoms with Crippen LogP contribution in [-0.4, -0.2) is 23.7 Å². The van der Waals surface area contributed by atoms with E-state index in [1.807, 2.05) is 79.7 Å². The summed E-state index contributed by atoms with van der Waals surface area (Å²) in [6.07, 6.45) is 0. The van der Waals surface area contributed by atoms with Crippen LogP contribution in [0.5, 0.6) is 11.5 Å². The average molecular weight is 441 g/mol. The predicted molar refractivity (Wildman–Crippen MR) is 128 cm³/mol. The molecule has 1 N–H and O–H groups in total. The number of ether oxygens (including phenoxy) is 2. The summed E-state index contributed by atoms with van der Waals surface area (Å²) in [6.45, 7) is 3.93. The van der Waals surface area contributed by atoms with Crippen LogP contribution < -0.4 is 14.8 Å². The van der Waals surface area contributed by atoms with Crippen LogP contribution in [0.1, 0.15) is 18.1 Å². The van der Waals surface area contributed by atoms with Gasteiger partial charge in [0.05, 0.1) is 13.7 Å². The molecule has 0 atom stereocenters. The number of nitrogens with zero attached hydrogens (tertiary/aromatic N) is 1. The number of halogens is 1. The molecule has 0 saturated carbocycles. The number of thiocarbonyl (C=S) groups is 1. The van der Waals surface area contributed by atoms with Crippen LogP contribution in [0.25, 0.3) is 0 Å². The predicted octanol–water partition coefficient (Wildman–Crippen LogP) is 6.15. The van der Waals surface area contributed by atoms with Crippen LogP contribution in [0, 0.1) is 0 Å². The van der Waals surface area contributed by atoms with E-state index < -0.39 is 0 Å². The Bertz CT molecular complexity index is 944. The monoisotopic (exact) mass is 440 g/mol. The first-order valence-corrected chi connectivity index (χ1v) is 10.5. The summed E-state index contributed by atoms with van der Waals surface area (Å²) in [6, 6.07) is 23.6. The number of benzene rings is 3. The molecule has 156 valence electrons. The molecule has 0 unspecified atom stereocenters. The number of rotatable bonds is 8. The maximum atomic E-state index is 6.04. The number of methoxy groups -OCH3 is 1. The minimum atomic E-state index is 0.641. The van der Waals surface area contributed by atoms with Gasteiger partial charge in [0, 0.05) is 23.8 Å². The highest BCUT2D eigenvalue weighted by atomic mass is 35.5. The van der Waals surface area contributed by atoms with Crippen molar-refractivity contribution in [3.63, 3.8) is 0 Å². The van der Waals surface area contributed by atoms with Gasteiger partial charge in [-0.05, 0) is 78.8 Å². The molecule has 0 aliphatic carbocycles. The van der Waals surface area contributed by atoms with E-state index in [2.05, 4.69) is 10.2 Å². The first kappa shape index (κ1) is 21.9. The molecule has 3 aromatic carbocycles. The Hall–Kier alpha value is -2.76. The molecule has 3 rings (SSSR count). The van der Waals surface area contributed by atoms with Crippen molar-refractivity contribution < 1.29 is 9.47 Å². The van der Waals surface area contributed by atoms with E-state index in [0.29, 0.717) is 24.8 Å². The third-order valence-corrected chi connectivity index (χ3v) is 5.14. The Kier molecular flexibility index (Phi) is 7.94. The molecule has 0 fully saturated rings. The number of hydrogen-bond acceptors (Lipinski definition) is 3. The van der Waals surface area contributed by atoms with Crippen molar-refractivity contribution in [2.75, 3.05) is 19.0 Å². The first-order chi connectivity index (χ1) is 14.6. The fourth-order valence-electron chi connectivity index (χ4n) is 2.96. The zero-order valence-corrected chi connectivity index (χ0v) is 18.7. The van der Waals surface area contributed by atoms with Gasteiger partial charge in [-0.15, -0.1) is 0 Å². The molecule has 0 heterocycles. The van der Waals surface area contributed by atoms with Crippen LogP contribution in [0.4, 0.5) is 5.69 Å². The number of anilines is 1. The molecule has 3 aromatic rings. The van der Waals surface area contributed by atoms with Gasteiger partial charge in [0.2, 0.25) is 0 Å². The van der Waals surface area contributed by atoms with E-state index in [1.165, 1.54) is 0 Å². The van der Waals surface area contributed by atoms with Gasteiger partial charge < -0.3 is 19.7 Å². The topological polar surface area (TPSA) is 33.7 Å². The molecule has 0 aromatic heterocycles. The van der Waals surface area contributed by atoms with Gasteiger partial charge in [0.15, 0.2) is 5.11 Å². The smallest absolute Gasteiger partial charge is 0.174 e. The fraction of sp³-hybridized carbons (Fsp3) is 0.208. The molecular weight excluding hydrogens is 416 g/mol. The fourth-order valence-corrected chi connectivity index (χ4v) is 3.34. The molecule has 0 saturated heterocycles. The third kappa shape index (κ3) is 6.37. The zero-order chi connectivity index (χ0) is 21.3. The molecule has 6 heteroatoms. The normalized spacial score (nSPS) is 10.4. The summed E-state index contributed by atoms with van der Waals surface area (Å²) in [5.41, 5.74) is 3.18. The lowest BCUT2D eigenvalue weighted by Crippen LogP contribution is -2.33. The van der Waals surface area contributed by atoms with E-state index in [9.17, 15) is 0 Å². The SMILES string of the molecule is CCOc1ccc(NC(=S)N(Cc2ccc(Cl)cc2)Cc2ccc(OC)cc2)cc1. The van der Waals surface area contributed by atoms with Gasteiger partial charge in [-0.25, -0.2) is 0 Å². The second-order valence-electron chi connectivity index (χ2n) is 6.72. The largest absolute Gasteiger partial charge is 0.497 e. The van der Waals surface area contributed by atoms with E-state index in [-0.39, 0.29) is 0 Å². The van der Waals surface area contributed by atoms with Gasteiger partial charge in [0.1, 0.15) is 11.5 Å². The second kappa shape index (κ2) is 10.9. The van der Waals surface area contributed by atoms with Crippen molar-refractivity contribution in [2.45, 2.75) is 20.0 Å². The lowest BCUT2D eigenvalue weighted by Gasteiger charge is -2.26. The Morgan fingerprint density at radius 2 is 1.40 bits per heavy atom. The highest BCUT2D eigenvalue weighted by Crippen LogP contribution is 2.19. The summed E-state index contributed by atoms with van der Waals surface area (Å²) < 4.78 is 10.8. The van der Waals surface area contributed by atoms with Gasteiger partial charge in [-0.1, -0.05) is 35.9 Å². The summed E-state index contributed by atoms with van der Waals surface area (Å²) in [5, 5.41) is 4.70. The third-order valence-electron chi connectivity index (χ3n) is 4.52. The Morgan fingerprint density at radius 1 is 0.867 bits per heavy atom. The molecule has 4 nitrogen and oxygen atoms in total. The van der Waals surface area contributed by atoms with Crippen LogP contribution in [0.2, 0.25) is 5.02 Å². The molecule has 0 aliphatic rings. The standard InChI is InChI=1S/C24H25ClN2O2S/c1-3-29-23-14-10-21(11-15-23)26-24(30)27(16-18-4-8-20(25)9-5-18)17-19-6-12-22(28-2)13-7-19/h4-15H,3,16-17H2,1-2H3,(H,26,30). The molecule has 0 radical (unpaired) electrons. The minimum absolute atomic E-state index is 0.641.